The number of ether oxygens (including phenoxy) is 1. The maximum Gasteiger partial charge on any atom is 0.191 e. The third-order valence-corrected chi connectivity index (χ3v) is 5.37. The van der Waals surface area contributed by atoms with Crippen molar-refractivity contribution in [3.8, 4) is 0 Å². The highest BCUT2D eigenvalue weighted by Crippen LogP contribution is 2.22. The number of pyridine rings is 1. The van der Waals surface area contributed by atoms with E-state index in [1.165, 1.54) is 0 Å². The average Bonchev–Trinajstić information content (AvgIpc) is 2.75. The van der Waals surface area contributed by atoms with Gasteiger partial charge in [-0.2, -0.15) is 0 Å². The Hall–Kier alpha value is -2.02. The van der Waals surface area contributed by atoms with E-state index in [1.807, 2.05) is 24.4 Å². The van der Waals surface area contributed by atoms with Crippen LogP contribution in [-0.2, 0) is 17.7 Å². The maximum absolute atomic E-state index is 6.24. The molecule has 0 bridgehead atoms. The van der Waals surface area contributed by atoms with E-state index in [9.17, 15) is 0 Å². The Bertz CT molecular complexity index is 824. The van der Waals surface area contributed by atoms with Crippen LogP contribution in [-0.4, -0.2) is 50.8 Å². The van der Waals surface area contributed by atoms with Gasteiger partial charge >= 0.3 is 0 Å². The lowest BCUT2D eigenvalue weighted by atomic mass is 10.1. The third kappa shape index (κ3) is 6.49. The van der Waals surface area contributed by atoms with Gasteiger partial charge in [0.2, 0.25) is 0 Å². The molecule has 0 aliphatic carbocycles. The smallest absolute Gasteiger partial charge is 0.191 e. The number of rotatable bonds is 7. The molecular weight excluding hydrogens is 409 g/mol. The second-order valence-corrected chi connectivity index (χ2v) is 7.62. The van der Waals surface area contributed by atoms with Crippen molar-refractivity contribution in [2.75, 3.05) is 44.8 Å². The SMILES string of the molecule is CN=C(NCCCc1ccc(Cl)cc1Cl)NCc1cccnc1N1CCOCC1. The van der Waals surface area contributed by atoms with Gasteiger partial charge in [-0.1, -0.05) is 35.3 Å². The summed E-state index contributed by atoms with van der Waals surface area (Å²) in [7, 11) is 1.78. The molecule has 6 nitrogen and oxygen atoms in total. The summed E-state index contributed by atoms with van der Waals surface area (Å²) in [5.74, 6) is 1.78. The summed E-state index contributed by atoms with van der Waals surface area (Å²) in [5.41, 5.74) is 2.25. The van der Waals surface area contributed by atoms with E-state index in [0.717, 1.165) is 68.6 Å². The molecule has 1 aromatic carbocycles. The number of hydrogen-bond donors (Lipinski definition) is 2. The monoisotopic (exact) mass is 435 g/mol. The van der Waals surface area contributed by atoms with E-state index in [0.29, 0.717) is 16.6 Å². The molecule has 2 N–H and O–H groups in total. The number of aryl methyl sites for hydroxylation is 1. The average molecular weight is 436 g/mol. The van der Waals surface area contributed by atoms with E-state index in [-0.39, 0.29) is 0 Å². The van der Waals surface area contributed by atoms with Crippen LogP contribution < -0.4 is 15.5 Å². The van der Waals surface area contributed by atoms with Gasteiger partial charge in [-0.3, -0.25) is 4.99 Å². The van der Waals surface area contributed by atoms with Gasteiger partial charge in [0, 0.05) is 55.0 Å². The number of benzene rings is 1. The van der Waals surface area contributed by atoms with Crippen LogP contribution in [0.3, 0.4) is 0 Å². The van der Waals surface area contributed by atoms with Crippen molar-refractivity contribution in [3.05, 3.63) is 57.7 Å². The number of hydrogen-bond acceptors (Lipinski definition) is 4. The molecule has 0 unspecified atom stereocenters. The molecule has 0 saturated carbocycles. The van der Waals surface area contributed by atoms with Gasteiger partial charge in [-0.15, -0.1) is 0 Å². The third-order valence-electron chi connectivity index (χ3n) is 4.78. The first kappa shape index (κ1) is 21.7. The van der Waals surface area contributed by atoms with Crippen LogP contribution in [0, 0.1) is 0 Å². The number of aliphatic imine (C=N–C) groups is 1. The minimum absolute atomic E-state index is 0.656. The van der Waals surface area contributed by atoms with Crippen LogP contribution in [0.1, 0.15) is 17.5 Å². The molecule has 1 aliphatic heterocycles. The van der Waals surface area contributed by atoms with Gasteiger partial charge in [-0.05, 0) is 36.6 Å². The van der Waals surface area contributed by atoms with Crippen molar-refractivity contribution < 1.29 is 4.74 Å². The first-order chi connectivity index (χ1) is 14.2. The number of nitrogens with one attached hydrogen (secondary N) is 2. The Kier molecular flexibility index (Phi) is 8.40. The molecule has 0 amide bonds. The standard InChI is InChI=1S/C21H27Cl2N5O/c1-24-21(26-9-2-4-16-6-7-18(22)14-19(16)23)27-15-17-5-3-8-25-20(17)28-10-12-29-13-11-28/h3,5-8,14H,2,4,9-13,15H2,1H3,(H2,24,26,27). The van der Waals surface area contributed by atoms with Gasteiger partial charge in [0.05, 0.1) is 13.2 Å². The molecule has 0 radical (unpaired) electrons. The van der Waals surface area contributed by atoms with Crippen LogP contribution in [0.5, 0.6) is 0 Å². The highest BCUT2D eigenvalue weighted by atomic mass is 35.5. The predicted molar refractivity (Wildman–Crippen MR) is 120 cm³/mol. The molecule has 1 saturated heterocycles. The van der Waals surface area contributed by atoms with E-state index < -0.39 is 0 Å². The summed E-state index contributed by atoms with van der Waals surface area (Å²) in [6.45, 7) is 4.66. The van der Waals surface area contributed by atoms with Crippen molar-refractivity contribution in [1.82, 2.24) is 15.6 Å². The van der Waals surface area contributed by atoms with Crippen molar-refractivity contribution in [3.63, 3.8) is 0 Å². The van der Waals surface area contributed by atoms with Gasteiger partial charge in [0.15, 0.2) is 5.96 Å². The number of guanidine groups is 1. The molecule has 1 aromatic heterocycles. The second kappa shape index (κ2) is 11.2. The number of morpholine rings is 1. The fourth-order valence-electron chi connectivity index (χ4n) is 3.24. The normalized spacial score (nSPS) is 14.7. The van der Waals surface area contributed by atoms with E-state index >= 15 is 0 Å². The maximum atomic E-state index is 6.24. The molecular formula is C21H27Cl2N5O. The first-order valence-corrected chi connectivity index (χ1v) is 10.6. The molecule has 0 atom stereocenters. The molecule has 2 aromatic rings. The fourth-order valence-corrected chi connectivity index (χ4v) is 3.74. The van der Waals surface area contributed by atoms with Crippen molar-refractivity contribution >= 4 is 35.0 Å². The predicted octanol–water partition coefficient (Wildman–Crippen LogP) is 3.52. The summed E-state index contributed by atoms with van der Waals surface area (Å²) in [4.78, 5) is 11.2. The summed E-state index contributed by atoms with van der Waals surface area (Å²) in [5, 5.41) is 8.11. The molecule has 3 rings (SSSR count). The first-order valence-electron chi connectivity index (χ1n) is 9.82. The Morgan fingerprint density at radius 1 is 1.17 bits per heavy atom. The summed E-state index contributed by atoms with van der Waals surface area (Å²) in [6.07, 6.45) is 3.65. The van der Waals surface area contributed by atoms with E-state index in [1.54, 1.807) is 13.1 Å². The van der Waals surface area contributed by atoms with Crippen molar-refractivity contribution in [2.45, 2.75) is 19.4 Å². The highest BCUT2D eigenvalue weighted by molar-refractivity contribution is 6.35. The Balaban J connectivity index is 1.47. The zero-order valence-corrected chi connectivity index (χ0v) is 18.1. The largest absolute Gasteiger partial charge is 0.378 e. The number of aromatic nitrogens is 1. The Labute approximate surface area is 182 Å². The minimum atomic E-state index is 0.656. The van der Waals surface area contributed by atoms with E-state index in [2.05, 4.69) is 31.6 Å². The topological polar surface area (TPSA) is 61.8 Å². The zero-order valence-electron chi connectivity index (χ0n) is 16.6. The lowest BCUT2D eigenvalue weighted by Crippen LogP contribution is -2.39. The van der Waals surface area contributed by atoms with Crippen LogP contribution in [0.15, 0.2) is 41.5 Å². The molecule has 0 spiro atoms. The Morgan fingerprint density at radius 3 is 2.76 bits per heavy atom. The Morgan fingerprint density at radius 2 is 2.00 bits per heavy atom. The lowest BCUT2D eigenvalue weighted by molar-refractivity contribution is 0.122. The van der Waals surface area contributed by atoms with E-state index in [4.69, 9.17) is 27.9 Å². The number of nitrogens with zero attached hydrogens (tertiary/aromatic N) is 3. The van der Waals surface area contributed by atoms with Crippen LogP contribution in [0.25, 0.3) is 0 Å². The number of halogens is 2. The van der Waals surface area contributed by atoms with Gasteiger partial charge in [-0.25, -0.2) is 4.98 Å². The van der Waals surface area contributed by atoms with Crippen LogP contribution >= 0.6 is 23.2 Å². The zero-order chi connectivity index (χ0) is 20.5. The molecule has 156 valence electrons. The van der Waals surface area contributed by atoms with Gasteiger partial charge in [0.1, 0.15) is 5.82 Å². The molecule has 8 heteroatoms. The van der Waals surface area contributed by atoms with Crippen molar-refractivity contribution in [2.24, 2.45) is 4.99 Å². The minimum Gasteiger partial charge on any atom is -0.378 e. The summed E-state index contributed by atoms with van der Waals surface area (Å²) < 4.78 is 5.45. The number of anilines is 1. The second-order valence-electron chi connectivity index (χ2n) is 6.78. The molecule has 1 aliphatic rings. The van der Waals surface area contributed by atoms with Crippen LogP contribution in [0.2, 0.25) is 10.0 Å². The van der Waals surface area contributed by atoms with Gasteiger partial charge < -0.3 is 20.3 Å². The summed E-state index contributed by atoms with van der Waals surface area (Å²) in [6, 6.07) is 9.70. The quantitative estimate of drug-likeness (QED) is 0.395. The lowest BCUT2D eigenvalue weighted by Gasteiger charge is -2.29. The van der Waals surface area contributed by atoms with Crippen molar-refractivity contribution in [1.29, 1.82) is 0 Å². The van der Waals surface area contributed by atoms with Gasteiger partial charge in [0.25, 0.3) is 0 Å². The molecule has 29 heavy (non-hydrogen) atoms. The fraction of sp³-hybridized carbons (Fsp3) is 0.429. The van der Waals surface area contributed by atoms with Crippen LogP contribution in [0.4, 0.5) is 5.82 Å². The summed E-state index contributed by atoms with van der Waals surface area (Å²) >= 11 is 12.2. The highest BCUT2D eigenvalue weighted by Gasteiger charge is 2.15. The molecule has 1 fully saturated rings. The molecule has 2 heterocycles.